The van der Waals surface area contributed by atoms with Gasteiger partial charge in [-0.2, -0.15) is 0 Å². The summed E-state index contributed by atoms with van der Waals surface area (Å²) in [5.41, 5.74) is 2.51. The molecule has 1 aromatic rings. The number of carbonyl (C=O) groups excluding carboxylic acids is 1. The molecule has 3 rings (SSSR count). The van der Waals surface area contributed by atoms with Gasteiger partial charge in [-0.3, -0.25) is 9.69 Å². The quantitative estimate of drug-likeness (QED) is 0.919. The Morgan fingerprint density at radius 1 is 1.27 bits per heavy atom. The molecule has 0 aromatic heterocycles. The van der Waals surface area contributed by atoms with E-state index in [4.69, 9.17) is 0 Å². The number of carbonyl (C=O) groups is 1. The number of benzene rings is 1. The van der Waals surface area contributed by atoms with Crippen LogP contribution in [0.15, 0.2) is 24.3 Å². The summed E-state index contributed by atoms with van der Waals surface area (Å²) in [6, 6.07) is 8.56. The molecule has 5 heteroatoms. The molecule has 0 bridgehead atoms. The molecule has 4 nitrogen and oxygen atoms in total. The standard InChI is InChI=1S/C17H25N3OS/c1-13-4-3-5-15(12-13)17-20(16(21)14(2)22-17)11-10-19-8-6-18-7-9-19/h3-5,12,14,17-18H,6-11H2,1-2H3. The lowest BCUT2D eigenvalue weighted by molar-refractivity contribution is -0.130. The van der Waals surface area contributed by atoms with E-state index >= 15 is 0 Å². The van der Waals surface area contributed by atoms with Gasteiger partial charge in [0.25, 0.3) is 0 Å². The van der Waals surface area contributed by atoms with Crippen LogP contribution in [-0.4, -0.2) is 60.2 Å². The molecule has 1 aromatic carbocycles. The number of rotatable bonds is 4. The predicted octanol–water partition coefficient (Wildman–Crippen LogP) is 1.86. The van der Waals surface area contributed by atoms with Gasteiger partial charge >= 0.3 is 0 Å². The van der Waals surface area contributed by atoms with Crippen molar-refractivity contribution in [2.24, 2.45) is 0 Å². The molecule has 2 aliphatic rings. The number of thioether (sulfide) groups is 1. The first kappa shape index (κ1) is 15.8. The van der Waals surface area contributed by atoms with Gasteiger partial charge in [-0.05, 0) is 19.4 Å². The molecule has 1 N–H and O–H groups in total. The van der Waals surface area contributed by atoms with Crippen LogP contribution in [0.2, 0.25) is 0 Å². The maximum atomic E-state index is 12.5. The highest BCUT2D eigenvalue weighted by Gasteiger charge is 2.38. The summed E-state index contributed by atoms with van der Waals surface area (Å²) >= 11 is 1.78. The third kappa shape index (κ3) is 3.47. The fraction of sp³-hybridized carbons (Fsp3) is 0.588. The Kier molecular flexibility index (Phi) is 5.06. The van der Waals surface area contributed by atoms with E-state index in [9.17, 15) is 4.79 Å². The van der Waals surface area contributed by atoms with Gasteiger partial charge in [-0.1, -0.05) is 29.8 Å². The van der Waals surface area contributed by atoms with Crippen LogP contribution in [0.25, 0.3) is 0 Å². The number of amides is 1. The molecule has 22 heavy (non-hydrogen) atoms. The van der Waals surface area contributed by atoms with E-state index in [0.717, 1.165) is 39.3 Å². The Bertz CT molecular complexity index is 530. The Labute approximate surface area is 137 Å². The van der Waals surface area contributed by atoms with Crippen molar-refractivity contribution in [2.75, 3.05) is 39.3 Å². The van der Waals surface area contributed by atoms with Crippen LogP contribution in [-0.2, 0) is 4.79 Å². The monoisotopic (exact) mass is 319 g/mol. The molecule has 2 aliphatic heterocycles. The average molecular weight is 319 g/mol. The topological polar surface area (TPSA) is 35.6 Å². The van der Waals surface area contributed by atoms with Gasteiger partial charge in [0.2, 0.25) is 5.91 Å². The summed E-state index contributed by atoms with van der Waals surface area (Å²) in [6.07, 6.45) is 0. The Morgan fingerprint density at radius 2 is 2.05 bits per heavy atom. The first-order valence-corrected chi connectivity index (χ1v) is 9.05. The van der Waals surface area contributed by atoms with Crippen molar-refractivity contribution < 1.29 is 4.79 Å². The fourth-order valence-corrected chi connectivity index (χ4v) is 4.47. The number of nitrogens with zero attached hydrogens (tertiary/aromatic N) is 2. The predicted molar refractivity (Wildman–Crippen MR) is 92.0 cm³/mol. The Balaban J connectivity index is 1.69. The average Bonchev–Trinajstić information content (AvgIpc) is 2.82. The van der Waals surface area contributed by atoms with Crippen molar-refractivity contribution in [3.8, 4) is 0 Å². The van der Waals surface area contributed by atoms with E-state index in [1.54, 1.807) is 11.8 Å². The van der Waals surface area contributed by atoms with Gasteiger partial charge in [-0.25, -0.2) is 0 Å². The van der Waals surface area contributed by atoms with E-state index in [1.807, 2.05) is 6.92 Å². The van der Waals surface area contributed by atoms with Gasteiger partial charge in [0.15, 0.2) is 0 Å². The molecule has 2 saturated heterocycles. The van der Waals surface area contributed by atoms with Gasteiger partial charge in [-0.15, -0.1) is 11.8 Å². The minimum absolute atomic E-state index is 0.0635. The third-order valence-corrected chi connectivity index (χ3v) is 5.84. The van der Waals surface area contributed by atoms with Crippen LogP contribution in [0, 0.1) is 6.92 Å². The zero-order chi connectivity index (χ0) is 15.5. The number of piperazine rings is 1. The van der Waals surface area contributed by atoms with Crippen molar-refractivity contribution in [3.05, 3.63) is 35.4 Å². The number of nitrogens with one attached hydrogen (secondary N) is 1. The summed E-state index contributed by atoms with van der Waals surface area (Å²) in [6.45, 7) is 10.2. The largest absolute Gasteiger partial charge is 0.324 e. The first-order chi connectivity index (χ1) is 10.6. The summed E-state index contributed by atoms with van der Waals surface area (Å²) in [4.78, 5) is 17.0. The lowest BCUT2D eigenvalue weighted by atomic mass is 10.1. The van der Waals surface area contributed by atoms with Gasteiger partial charge in [0.05, 0.1) is 5.25 Å². The number of hydrogen-bond acceptors (Lipinski definition) is 4. The molecule has 2 atom stereocenters. The highest BCUT2D eigenvalue weighted by atomic mass is 32.2. The minimum Gasteiger partial charge on any atom is -0.324 e. The minimum atomic E-state index is 0.0635. The smallest absolute Gasteiger partial charge is 0.236 e. The normalized spacial score (nSPS) is 26.6. The van der Waals surface area contributed by atoms with Crippen LogP contribution < -0.4 is 5.32 Å². The molecule has 0 radical (unpaired) electrons. The Morgan fingerprint density at radius 3 is 2.77 bits per heavy atom. The van der Waals surface area contributed by atoms with E-state index < -0.39 is 0 Å². The van der Waals surface area contributed by atoms with Crippen LogP contribution in [0.5, 0.6) is 0 Å². The second-order valence-electron chi connectivity index (χ2n) is 6.17. The van der Waals surface area contributed by atoms with Gasteiger partial charge < -0.3 is 10.2 Å². The van der Waals surface area contributed by atoms with Crippen LogP contribution in [0.4, 0.5) is 0 Å². The van der Waals surface area contributed by atoms with E-state index in [0.29, 0.717) is 0 Å². The summed E-state index contributed by atoms with van der Waals surface area (Å²) in [7, 11) is 0. The van der Waals surface area contributed by atoms with Crippen molar-refractivity contribution in [1.82, 2.24) is 15.1 Å². The molecule has 2 unspecified atom stereocenters. The molecule has 0 aliphatic carbocycles. The highest BCUT2D eigenvalue weighted by Crippen LogP contribution is 2.42. The van der Waals surface area contributed by atoms with Crippen molar-refractivity contribution >= 4 is 17.7 Å². The van der Waals surface area contributed by atoms with Crippen molar-refractivity contribution in [3.63, 3.8) is 0 Å². The number of hydrogen-bond donors (Lipinski definition) is 1. The van der Waals surface area contributed by atoms with Crippen molar-refractivity contribution in [2.45, 2.75) is 24.5 Å². The molecule has 1 amide bonds. The SMILES string of the molecule is Cc1cccc(C2SC(C)C(=O)N2CCN2CCNCC2)c1. The third-order valence-electron chi connectivity index (χ3n) is 4.44. The summed E-state index contributed by atoms with van der Waals surface area (Å²) < 4.78 is 0. The maximum absolute atomic E-state index is 12.5. The van der Waals surface area contributed by atoms with Crippen molar-refractivity contribution in [1.29, 1.82) is 0 Å². The summed E-state index contributed by atoms with van der Waals surface area (Å²) in [5.74, 6) is 0.284. The molecule has 0 saturated carbocycles. The fourth-order valence-electron chi connectivity index (χ4n) is 3.17. The molecule has 0 spiro atoms. The molecular formula is C17H25N3OS. The van der Waals surface area contributed by atoms with Gasteiger partial charge in [0.1, 0.15) is 5.37 Å². The van der Waals surface area contributed by atoms with Gasteiger partial charge in [0, 0.05) is 39.3 Å². The Hall–Kier alpha value is -1.04. The second kappa shape index (κ2) is 7.02. The van der Waals surface area contributed by atoms with Crippen LogP contribution >= 0.6 is 11.8 Å². The number of aryl methyl sites for hydroxylation is 1. The molecule has 2 heterocycles. The molecule has 120 valence electrons. The van der Waals surface area contributed by atoms with Crippen LogP contribution in [0.1, 0.15) is 23.4 Å². The first-order valence-electron chi connectivity index (χ1n) is 8.11. The summed E-state index contributed by atoms with van der Waals surface area (Å²) in [5, 5.41) is 3.61. The lowest BCUT2D eigenvalue weighted by Crippen LogP contribution is -2.46. The lowest BCUT2D eigenvalue weighted by Gasteiger charge is -2.31. The van der Waals surface area contributed by atoms with E-state index in [2.05, 4.69) is 46.3 Å². The highest BCUT2D eigenvalue weighted by molar-refractivity contribution is 8.01. The second-order valence-corrected chi connectivity index (χ2v) is 7.59. The maximum Gasteiger partial charge on any atom is 0.236 e. The molecular weight excluding hydrogens is 294 g/mol. The van der Waals surface area contributed by atoms with E-state index in [1.165, 1.54) is 11.1 Å². The zero-order valence-electron chi connectivity index (χ0n) is 13.4. The van der Waals surface area contributed by atoms with Crippen LogP contribution in [0.3, 0.4) is 0 Å². The molecule has 2 fully saturated rings. The zero-order valence-corrected chi connectivity index (χ0v) is 14.2. The van der Waals surface area contributed by atoms with E-state index in [-0.39, 0.29) is 16.5 Å².